The maximum absolute atomic E-state index is 5.77. The molecule has 3 heteroatoms. The summed E-state index contributed by atoms with van der Waals surface area (Å²) in [5.74, 6) is 0.944. The maximum Gasteiger partial charge on any atom is 0.142 e. The lowest BCUT2D eigenvalue weighted by atomic mass is 10.1. The monoisotopic (exact) mass is 268 g/mol. The average Bonchev–Trinajstić information content (AvgIpc) is 2.53. The fourth-order valence-electron chi connectivity index (χ4n) is 2.45. The molecule has 2 aromatic rings. The van der Waals surface area contributed by atoms with Crippen LogP contribution in [0.25, 0.3) is 0 Å². The van der Waals surface area contributed by atoms with Crippen molar-refractivity contribution in [2.24, 2.45) is 0 Å². The van der Waals surface area contributed by atoms with E-state index < -0.39 is 0 Å². The Balaban J connectivity index is 1.55. The molecule has 1 heterocycles. The first-order valence-corrected chi connectivity index (χ1v) is 7.09. The fourth-order valence-corrected chi connectivity index (χ4v) is 2.45. The Hall–Kier alpha value is -2.00. The average molecular weight is 268 g/mol. The number of ether oxygens (including phenoxy) is 1. The highest BCUT2D eigenvalue weighted by Crippen LogP contribution is 2.27. The van der Waals surface area contributed by atoms with Crippen molar-refractivity contribution in [3.63, 3.8) is 0 Å². The number of fused-ring (bicyclic) bond motifs is 1. The second kappa shape index (κ2) is 5.97. The zero-order valence-corrected chi connectivity index (χ0v) is 11.7. The molecule has 2 N–H and O–H groups in total. The van der Waals surface area contributed by atoms with E-state index in [1.165, 1.54) is 5.56 Å². The van der Waals surface area contributed by atoms with Crippen LogP contribution in [-0.4, -0.2) is 19.2 Å². The van der Waals surface area contributed by atoms with Gasteiger partial charge in [-0.2, -0.15) is 0 Å². The third kappa shape index (κ3) is 2.94. The van der Waals surface area contributed by atoms with Crippen molar-refractivity contribution in [3.05, 3.63) is 60.2 Å². The first-order valence-electron chi connectivity index (χ1n) is 7.09. The van der Waals surface area contributed by atoms with E-state index in [-0.39, 0.29) is 0 Å². The molecule has 2 aromatic carbocycles. The molecule has 3 nitrogen and oxygen atoms in total. The van der Waals surface area contributed by atoms with Crippen LogP contribution in [0.4, 0.5) is 5.69 Å². The second-order valence-electron chi connectivity index (χ2n) is 5.19. The van der Waals surface area contributed by atoms with Gasteiger partial charge in [0, 0.05) is 12.6 Å². The summed E-state index contributed by atoms with van der Waals surface area (Å²) in [6, 6.07) is 19.2. The van der Waals surface area contributed by atoms with Gasteiger partial charge in [-0.05, 0) is 24.6 Å². The molecule has 2 atom stereocenters. The molecular formula is C17H20N2O. The summed E-state index contributed by atoms with van der Waals surface area (Å²) in [5.41, 5.74) is 2.39. The van der Waals surface area contributed by atoms with E-state index in [0.29, 0.717) is 18.7 Å². The van der Waals surface area contributed by atoms with Crippen LogP contribution in [0, 0.1) is 0 Å². The Morgan fingerprint density at radius 3 is 2.75 bits per heavy atom. The summed E-state index contributed by atoms with van der Waals surface area (Å²) in [4.78, 5) is 0. The second-order valence-corrected chi connectivity index (χ2v) is 5.19. The first-order chi connectivity index (χ1) is 9.83. The maximum atomic E-state index is 5.77. The van der Waals surface area contributed by atoms with E-state index in [4.69, 9.17) is 4.74 Å². The molecule has 1 aliphatic heterocycles. The summed E-state index contributed by atoms with van der Waals surface area (Å²) in [6.45, 7) is 3.77. The molecule has 0 aromatic heterocycles. The van der Waals surface area contributed by atoms with Gasteiger partial charge in [0.2, 0.25) is 0 Å². The molecule has 20 heavy (non-hydrogen) atoms. The molecule has 104 valence electrons. The van der Waals surface area contributed by atoms with E-state index >= 15 is 0 Å². The largest absolute Gasteiger partial charge is 0.489 e. The molecule has 1 unspecified atom stereocenters. The van der Waals surface area contributed by atoms with Gasteiger partial charge < -0.3 is 15.4 Å². The first kappa shape index (κ1) is 13.0. The number of anilines is 1. The topological polar surface area (TPSA) is 33.3 Å². The summed E-state index contributed by atoms with van der Waals surface area (Å²) < 4.78 is 5.77. The molecule has 0 bridgehead atoms. The number of hydrogen-bond acceptors (Lipinski definition) is 3. The Morgan fingerprint density at radius 1 is 1.15 bits per heavy atom. The molecule has 0 radical (unpaired) electrons. The number of benzene rings is 2. The summed E-state index contributed by atoms with van der Waals surface area (Å²) in [5, 5.41) is 7.07. The summed E-state index contributed by atoms with van der Waals surface area (Å²) in [6.07, 6.45) is 0. The van der Waals surface area contributed by atoms with Crippen LogP contribution in [0.1, 0.15) is 18.5 Å². The number of para-hydroxylation sites is 2. The third-order valence-corrected chi connectivity index (χ3v) is 3.66. The van der Waals surface area contributed by atoms with Crippen molar-refractivity contribution in [1.29, 1.82) is 0 Å². The van der Waals surface area contributed by atoms with Crippen LogP contribution in [0.5, 0.6) is 5.75 Å². The highest BCUT2D eigenvalue weighted by molar-refractivity contribution is 5.58. The zero-order valence-electron chi connectivity index (χ0n) is 11.7. The molecule has 1 aliphatic rings. The van der Waals surface area contributed by atoms with Gasteiger partial charge in [0.25, 0.3) is 0 Å². The van der Waals surface area contributed by atoms with E-state index in [1.807, 2.05) is 24.3 Å². The van der Waals surface area contributed by atoms with Gasteiger partial charge in [-0.25, -0.2) is 0 Å². The standard InChI is InChI=1S/C17H20N2O/c1-13(14-7-3-2-4-8-14)18-11-15-12-20-17-10-6-5-9-16(17)19-15/h2-10,13,15,18-19H,11-12H2,1H3/t13-,15?/m1/s1. The Kier molecular flexibility index (Phi) is 3.88. The van der Waals surface area contributed by atoms with Crippen molar-refractivity contribution < 1.29 is 4.74 Å². The van der Waals surface area contributed by atoms with Crippen LogP contribution in [0.2, 0.25) is 0 Å². The van der Waals surface area contributed by atoms with E-state index in [2.05, 4.69) is 47.9 Å². The molecule has 0 saturated carbocycles. The van der Waals surface area contributed by atoms with Gasteiger partial charge in [0.05, 0.1) is 11.7 Å². The summed E-state index contributed by atoms with van der Waals surface area (Å²) >= 11 is 0. The van der Waals surface area contributed by atoms with Gasteiger partial charge in [0.1, 0.15) is 12.4 Å². The highest BCUT2D eigenvalue weighted by Gasteiger charge is 2.18. The van der Waals surface area contributed by atoms with Crippen LogP contribution in [-0.2, 0) is 0 Å². The minimum Gasteiger partial charge on any atom is -0.489 e. The lowest BCUT2D eigenvalue weighted by molar-refractivity contribution is 0.278. The number of rotatable bonds is 4. The van der Waals surface area contributed by atoms with Gasteiger partial charge in [0.15, 0.2) is 0 Å². The van der Waals surface area contributed by atoms with Crippen LogP contribution in [0.3, 0.4) is 0 Å². The van der Waals surface area contributed by atoms with Gasteiger partial charge in [-0.15, -0.1) is 0 Å². The number of nitrogens with one attached hydrogen (secondary N) is 2. The van der Waals surface area contributed by atoms with Gasteiger partial charge in [-0.1, -0.05) is 42.5 Å². The van der Waals surface area contributed by atoms with Crippen LogP contribution in [0.15, 0.2) is 54.6 Å². The fraction of sp³-hybridized carbons (Fsp3) is 0.294. The lowest BCUT2D eigenvalue weighted by Crippen LogP contribution is -2.40. The summed E-state index contributed by atoms with van der Waals surface area (Å²) in [7, 11) is 0. The van der Waals surface area contributed by atoms with Crippen molar-refractivity contribution in [2.75, 3.05) is 18.5 Å². The minimum atomic E-state index is 0.302. The molecule has 0 spiro atoms. The highest BCUT2D eigenvalue weighted by atomic mass is 16.5. The third-order valence-electron chi connectivity index (χ3n) is 3.66. The molecular weight excluding hydrogens is 248 g/mol. The predicted octanol–water partition coefficient (Wildman–Crippen LogP) is 3.21. The Morgan fingerprint density at radius 2 is 1.90 bits per heavy atom. The number of hydrogen-bond donors (Lipinski definition) is 2. The van der Waals surface area contributed by atoms with Crippen molar-refractivity contribution in [1.82, 2.24) is 5.32 Å². The lowest BCUT2D eigenvalue weighted by Gasteiger charge is -2.28. The Labute approximate surface area is 120 Å². The predicted molar refractivity (Wildman–Crippen MR) is 82.2 cm³/mol. The smallest absolute Gasteiger partial charge is 0.142 e. The van der Waals surface area contributed by atoms with Gasteiger partial charge in [-0.3, -0.25) is 0 Å². The van der Waals surface area contributed by atoms with Crippen molar-refractivity contribution in [3.8, 4) is 5.75 Å². The van der Waals surface area contributed by atoms with Crippen molar-refractivity contribution >= 4 is 5.69 Å². The normalized spacial score (nSPS) is 18.6. The van der Waals surface area contributed by atoms with Crippen molar-refractivity contribution in [2.45, 2.75) is 19.0 Å². The van der Waals surface area contributed by atoms with Crippen LogP contribution < -0.4 is 15.4 Å². The zero-order chi connectivity index (χ0) is 13.8. The molecule has 0 saturated heterocycles. The SMILES string of the molecule is C[C@@H](NCC1COc2ccccc2N1)c1ccccc1. The van der Waals surface area contributed by atoms with E-state index in [1.54, 1.807) is 0 Å². The molecule has 0 aliphatic carbocycles. The molecule has 0 fully saturated rings. The van der Waals surface area contributed by atoms with Gasteiger partial charge >= 0.3 is 0 Å². The Bertz CT molecular complexity index is 556. The molecule has 0 amide bonds. The minimum absolute atomic E-state index is 0.302. The van der Waals surface area contributed by atoms with Crippen LogP contribution >= 0.6 is 0 Å². The molecule has 3 rings (SSSR count). The quantitative estimate of drug-likeness (QED) is 0.893. The van der Waals surface area contributed by atoms with E-state index in [9.17, 15) is 0 Å². The van der Waals surface area contributed by atoms with E-state index in [0.717, 1.165) is 18.0 Å².